The lowest BCUT2D eigenvalue weighted by molar-refractivity contribution is 0.282. The monoisotopic (exact) mass is 323 g/mol. The largest absolute Gasteiger partial charge is 0.392 e. The normalized spacial score (nSPS) is 11.9. The fourth-order valence-corrected chi connectivity index (χ4v) is 3.15. The highest BCUT2D eigenvalue weighted by atomic mass is 32.2. The smallest absolute Gasteiger partial charge is 0.280 e. The summed E-state index contributed by atoms with van der Waals surface area (Å²) in [5.74, 6) is 0.404. The van der Waals surface area contributed by atoms with Crippen LogP contribution >= 0.6 is 0 Å². The van der Waals surface area contributed by atoms with Crippen LogP contribution in [0.15, 0.2) is 35.7 Å². The highest BCUT2D eigenvalue weighted by Gasteiger charge is 2.18. The first-order chi connectivity index (χ1) is 10.3. The number of anilines is 1. The molecule has 1 aromatic heterocycles. The molecule has 0 unspecified atom stereocenters. The molecule has 1 aromatic carbocycles. The van der Waals surface area contributed by atoms with Crippen molar-refractivity contribution in [3.05, 3.63) is 41.9 Å². The quantitative estimate of drug-likeness (QED) is 0.853. The van der Waals surface area contributed by atoms with E-state index < -0.39 is 10.0 Å². The fourth-order valence-electron chi connectivity index (χ4n) is 2.07. The number of benzene rings is 1. The fraction of sp³-hybridized carbons (Fsp3) is 0.400. The second kappa shape index (κ2) is 6.50. The van der Waals surface area contributed by atoms with Crippen LogP contribution in [-0.2, 0) is 23.2 Å². The third-order valence-electron chi connectivity index (χ3n) is 3.19. The van der Waals surface area contributed by atoms with Crippen molar-refractivity contribution in [1.82, 2.24) is 9.55 Å². The first-order valence-corrected chi connectivity index (χ1v) is 8.55. The molecule has 0 aliphatic rings. The molecule has 22 heavy (non-hydrogen) atoms. The molecule has 0 saturated heterocycles. The van der Waals surface area contributed by atoms with Gasteiger partial charge in [-0.3, -0.25) is 4.72 Å². The molecule has 0 saturated carbocycles. The van der Waals surface area contributed by atoms with Gasteiger partial charge in [-0.15, -0.1) is 0 Å². The van der Waals surface area contributed by atoms with E-state index in [1.165, 1.54) is 12.5 Å². The van der Waals surface area contributed by atoms with E-state index in [2.05, 4.69) is 23.6 Å². The predicted octanol–water partition coefficient (Wildman–Crippen LogP) is 2.14. The highest BCUT2D eigenvalue weighted by Crippen LogP contribution is 2.20. The zero-order valence-corrected chi connectivity index (χ0v) is 13.8. The van der Waals surface area contributed by atoms with Crippen molar-refractivity contribution in [3.8, 4) is 0 Å². The van der Waals surface area contributed by atoms with Gasteiger partial charge < -0.3 is 9.67 Å². The Balaban J connectivity index is 2.26. The van der Waals surface area contributed by atoms with Crippen LogP contribution in [0.5, 0.6) is 0 Å². The standard InChI is InChI=1S/C15H21N3O3S/c1-11(2)7-18-8-15(16-10-18)22(20,21)17-14-6-13(9-19)5-4-12(14)3/h4-6,8,10-11,17,19H,7,9H2,1-3H3. The first-order valence-electron chi connectivity index (χ1n) is 7.07. The number of hydrogen-bond acceptors (Lipinski definition) is 4. The van der Waals surface area contributed by atoms with Crippen LogP contribution in [0.2, 0.25) is 0 Å². The van der Waals surface area contributed by atoms with E-state index in [4.69, 9.17) is 5.11 Å². The number of aliphatic hydroxyl groups excluding tert-OH is 1. The Morgan fingerprint density at radius 3 is 2.73 bits per heavy atom. The molecule has 2 N–H and O–H groups in total. The van der Waals surface area contributed by atoms with Gasteiger partial charge >= 0.3 is 0 Å². The molecule has 0 amide bonds. The summed E-state index contributed by atoms with van der Waals surface area (Å²) in [6.45, 7) is 6.47. The zero-order valence-electron chi connectivity index (χ0n) is 12.9. The molecule has 6 nitrogen and oxygen atoms in total. The number of rotatable bonds is 6. The second-order valence-corrected chi connectivity index (χ2v) is 7.34. The van der Waals surface area contributed by atoms with Gasteiger partial charge in [0.1, 0.15) is 0 Å². The number of imidazole rings is 1. The van der Waals surface area contributed by atoms with Crippen LogP contribution in [0.3, 0.4) is 0 Å². The van der Waals surface area contributed by atoms with E-state index >= 15 is 0 Å². The Hall–Kier alpha value is -1.86. The van der Waals surface area contributed by atoms with Crippen molar-refractivity contribution >= 4 is 15.7 Å². The van der Waals surface area contributed by atoms with Crippen LogP contribution in [0.4, 0.5) is 5.69 Å². The lowest BCUT2D eigenvalue weighted by atomic mass is 10.1. The number of aromatic nitrogens is 2. The molecule has 2 aromatic rings. The summed E-state index contributed by atoms with van der Waals surface area (Å²) in [6.07, 6.45) is 3.04. The summed E-state index contributed by atoms with van der Waals surface area (Å²) in [5, 5.41) is 9.15. The van der Waals surface area contributed by atoms with Crippen LogP contribution < -0.4 is 4.72 Å². The van der Waals surface area contributed by atoms with Gasteiger partial charge in [0.15, 0.2) is 5.03 Å². The van der Waals surface area contributed by atoms with Crippen molar-refractivity contribution in [2.75, 3.05) is 4.72 Å². The van der Waals surface area contributed by atoms with Crippen LogP contribution in [0.25, 0.3) is 0 Å². The number of aliphatic hydroxyl groups is 1. The van der Waals surface area contributed by atoms with Gasteiger partial charge in [0, 0.05) is 12.7 Å². The summed E-state index contributed by atoms with van der Waals surface area (Å²) < 4.78 is 29.1. The summed E-state index contributed by atoms with van der Waals surface area (Å²) in [6, 6.07) is 5.14. The Kier molecular flexibility index (Phi) is 4.87. The van der Waals surface area contributed by atoms with E-state index in [0.29, 0.717) is 23.7 Å². The molecular weight excluding hydrogens is 302 g/mol. The molecule has 0 fully saturated rings. The van der Waals surface area contributed by atoms with E-state index in [1.54, 1.807) is 29.7 Å². The molecule has 0 bridgehead atoms. The second-order valence-electron chi connectivity index (χ2n) is 5.72. The van der Waals surface area contributed by atoms with E-state index in [1.807, 2.05) is 0 Å². The maximum Gasteiger partial charge on any atom is 0.280 e. The molecule has 120 valence electrons. The van der Waals surface area contributed by atoms with Gasteiger partial charge in [-0.05, 0) is 30.0 Å². The van der Waals surface area contributed by atoms with Gasteiger partial charge in [0.2, 0.25) is 0 Å². The topological polar surface area (TPSA) is 84.2 Å². The third kappa shape index (κ3) is 3.86. The molecule has 0 atom stereocenters. The third-order valence-corrected chi connectivity index (χ3v) is 4.44. The van der Waals surface area contributed by atoms with E-state index in [-0.39, 0.29) is 11.6 Å². The summed E-state index contributed by atoms with van der Waals surface area (Å²) in [7, 11) is -3.74. The lowest BCUT2D eigenvalue weighted by Gasteiger charge is -2.10. The summed E-state index contributed by atoms with van der Waals surface area (Å²) >= 11 is 0. The van der Waals surface area contributed by atoms with Crippen molar-refractivity contribution in [1.29, 1.82) is 0 Å². The molecule has 0 spiro atoms. The van der Waals surface area contributed by atoms with E-state index in [9.17, 15) is 8.42 Å². The Morgan fingerprint density at radius 1 is 1.36 bits per heavy atom. The minimum Gasteiger partial charge on any atom is -0.392 e. The van der Waals surface area contributed by atoms with Gasteiger partial charge in [0.25, 0.3) is 10.0 Å². The van der Waals surface area contributed by atoms with Crippen molar-refractivity contribution < 1.29 is 13.5 Å². The van der Waals surface area contributed by atoms with E-state index in [0.717, 1.165) is 5.56 Å². The molecule has 0 aliphatic carbocycles. The average Bonchev–Trinajstić information content (AvgIpc) is 2.89. The Morgan fingerprint density at radius 2 is 2.09 bits per heavy atom. The summed E-state index contributed by atoms with van der Waals surface area (Å²) in [5.41, 5.74) is 1.88. The molecular formula is C15H21N3O3S. The van der Waals surface area contributed by atoms with Crippen molar-refractivity contribution in [2.24, 2.45) is 5.92 Å². The minimum absolute atomic E-state index is 0.0121. The van der Waals surface area contributed by atoms with Crippen molar-refractivity contribution in [3.63, 3.8) is 0 Å². The molecule has 1 heterocycles. The number of sulfonamides is 1. The number of nitrogens with zero attached hydrogens (tertiary/aromatic N) is 2. The molecule has 2 rings (SSSR count). The van der Waals surface area contributed by atoms with Gasteiger partial charge in [-0.2, -0.15) is 8.42 Å². The SMILES string of the molecule is Cc1ccc(CO)cc1NS(=O)(=O)c1cn(CC(C)C)cn1. The molecule has 0 radical (unpaired) electrons. The van der Waals surface area contributed by atoms with Crippen LogP contribution in [0, 0.1) is 12.8 Å². The summed E-state index contributed by atoms with van der Waals surface area (Å²) in [4.78, 5) is 3.97. The number of aryl methyl sites for hydroxylation is 1. The van der Waals surface area contributed by atoms with Gasteiger partial charge in [0.05, 0.1) is 18.6 Å². The Labute approximate surface area is 130 Å². The van der Waals surface area contributed by atoms with Gasteiger partial charge in [-0.25, -0.2) is 4.98 Å². The number of hydrogen-bond donors (Lipinski definition) is 2. The zero-order chi connectivity index (χ0) is 16.3. The molecule has 0 aliphatic heterocycles. The highest BCUT2D eigenvalue weighted by molar-refractivity contribution is 7.92. The van der Waals surface area contributed by atoms with Crippen LogP contribution in [0.1, 0.15) is 25.0 Å². The maximum atomic E-state index is 12.4. The maximum absolute atomic E-state index is 12.4. The minimum atomic E-state index is -3.74. The predicted molar refractivity (Wildman–Crippen MR) is 85.0 cm³/mol. The first kappa shape index (κ1) is 16.5. The van der Waals surface area contributed by atoms with Crippen LogP contribution in [-0.4, -0.2) is 23.1 Å². The van der Waals surface area contributed by atoms with Crippen molar-refractivity contribution in [2.45, 2.75) is 38.9 Å². The lowest BCUT2D eigenvalue weighted by Crippen LogP contribution is -2.14. The number of nitrogens with one attached hydrogen (secondary N) is 1. The Bertz CT molecular complexity index is 751. The molecule has 7 heteroatoms. The van der Waals surface area contributed by atoms with Gasteiger partial charge in [-0.1, -0.05) is 26.0 Å². The average molecular weight is 323 g/mol.